The summed E-state index contributed by atoms with van der Waals surface area (Å²) in [4.78, 5) is 36.8. The number of benzene rings is 1. The van der Waals surface area contributed by atoms with Gasteiger partial charge in [0, 0.05) is 6.54 Å². The number of hydrogen-bond acceptors (Lipinski definition) is 6. The van der Waals surface area contributed by atoms with Gasteiger partial charge in [0.25, 0.3) is 0 Å². The van der Waals surface area contributed by atoms with Gasteiger partial charge in [-0.15, -0.1) is 11.3 Å². The van der Waals surface area contributed by atoms with Crippen molar-refractivity contribution in [2.75, 3.05) is 17.6 Å². The van der Waals surface area contributed by atoms with Crippen LogP contribution in [0.25, 0.3) is 10.2 Å². The fourth-order valence-electron chi connectivity index (χ4n) is 4.43. The summed E-state index contributed by atoms with van der Waals surface area (Å²) in [6, 6.07) is 7.95. The van der Waals surface area contributed by atoms with Gasteiger partial charge in [-0.2, -0.15) is 0 Å². The van der Waals surface area contributed by atoms with Crippen molar-refractivity contribution in [2.45, 2.75) is 52.5 Å². The molecule has 0 radical (unpaired) electrons. The number of anilines is 2. The zero-order valence-corrected chi connectivity index (χ0v) is 19.8. The Labute approximate surface area is 192 Å². The van der Waals surface area contributed by atoms with Crippen molar-refractivity contribution in [3.63, 3.8) is 0 Å². The van der Waals surface area contributed by atoms with Crippen molar-refractivity contribution >= 4 is 44.9 Å². The number of carbonyl (C=O) groups excluding carboxylic acids is 2. The normalized spacial score (nSPS) is 21.0. The number of nitrogens with one attached hydrogen (secondary N) is 1. The lowest BCUT2D eigenvalue weighted by atomic mass is 9.79. The summed E-state index contributed by atoms with van der Waals surface area (Å²) in [7, 11) is 0. The zero-order chi connectivity index (χ0) is 23.0. The standard InChI is InChI=1S/C24H29N5O2S/c1-5-16-10-18(12-26-21(16)25)28-22(30)23(31)29-13-14(2)8-9-24(29,4)17-6-7-20-19(11-17)27-15(3)32-20/h6-7,10-12,14H,5,8-9,13H2,1-4H3,(H2,25,26)(H,28,30)/t14-,24-/m0/s1. The van der Waals surface area contributed by atoms with Crippen LogP contribution in [0.15, 0.2) is 30.5 Å². The Hall–Kier alpha value is -3.00. The van der Waals surface area contributed by atoms with Crippen LogP contribution in [0.5, 0.6) is 0 Å². The van der Waals surface area contributed by atoms with E-state index in [1.165, 1.54) is 6.20 Å². The molecule has 3 heterocycles. The van der Waals surface area contributed by atoms with E-state index in [1.807, 2.05) is 20.8 Å². The molecule has 0 unspecified atom stereocenters. The summed E-state index contributed by atoms with van der Waals surface area (Å²) >= 11 is 1.65. The van der Waals surface area contributed by atoms with Crippen LogP contribution in [0.4, 0.5) is 11.5 Å². The monoisotopic (exact) mass is 451 g/mol. The molecule has 1 saturated heterocycles. The first-order chi connectivity index (χ1) is 15.2. The van der Waals surface area contributed by atoms with Crippen molar-refractivity contribution in [1.82, 2.24) is 14.9 Å². The molecule has 8 heteroatoms. The summed E-state index contributed by atoms with van der Waals surface area (Å²) in [5.74, 6) is -0.454. The smallest absolute Gasteiger partial charge is 0.313 e. The van der Waals surface area contributed by atoms with Crippen LogP contribution in [-0.2, 0) is 21.5 Å². The molecule has 1 aromatic carbocycles. The molecule has 0 spiro atoms. The number of likely N-dealkylation sites (tertiary alicyclic amines) is 1. The first kappa shape index (κ1) is 22.2. The number of aryl methyl sites for hydroxylation is 2. The fraction of sp³-hybridized carbons (Fsp3) is 0.417. The Morgan fingerprint density at radius 2 is 2.12 bits per heavy atom. The van der Waals surface area contributed by atoms with Crippen molar-refractivity contribution < 1.29 is 9.59 Å². The highest BCUT2D eigenvalue weighted by atomic mass is 32.1. The summed E-state index contributed by atoms with van der Waals surface area (Å²) in [5, 5.41) is 3.73. The maximum Gasteiger partial charge on any atom is 0.313 e. The number of hydrogen-bond donors (Lipinski definition) is 2. The van der Waals surface area contributed by atoms with Crippen LogP contribution >= 0.6 is 11.3 Å². The molecule has 4 rings (SSSR count). The molecular formula is C24H29N5O2S. The minimum absolute atomic E-state index is 0.315. The number of nitrogen functional groups attached to an aromatic ring is 1. The second kappa shape index (κ2) is 8.50. The van der Waals surface area contributed by atoms with Crippen molar-refractivity contribution in [3.05, 3.63) is 46.6 Å². The van der Waals surface area contributed by atoms with E-state index >= 15 is 0 Å². The van der Waals surface area contributed by atoms with E-state index in [2.05, 4.69) is 40.4 Å². The molecule has 7 nitrogen and oxygen atoms in total. The summed E-state index contributed by atoms with van der Waals surface area (Å²) < 4.78 is 1.12. The van der Waals surface area contributed by atoms with E-state index in [-0.39, 0.29) is 0 Å². The predicted molar refractivity (Wildman–Crippen MR) is 128 cm³/mol. The van der Waals surface area contributed by atoms with E-state index in [0.717, 1.165) is 39.2 Å². The third-order valence-electron chi connectivity index (χ3n) is 6.41. The van der Waals surface area contributed by atoms with Gasteiger partial charge in [0.05, 0.1) is 32.6 Å². The molecule has 1 fully saturated rings. The second-order valence-corrected chi connectivity index (χ2v) is 10.1. The third kappa shape index (κ3) is 4.07. The molecule has 0 bridgehead atoms. The maximum atomic E-state index is 13.4. The molecule has 0 saturated carbocycles. The zero-order valence-electron chi connectivity index (χ0n) is 18.9. The predicted octanol–water partition coefficient (Wildman–Crippen LogP) is 4.26. The topological polar surface area (TPSA) is 101 Å². The molecule has 3 aromatic rings. The Balaban J connectivity index is 1.63. The minimum atomic E-state index is -0.662. The van der Waals surface area contributed by atoms with E-state index in [0.29, 0.717) is 30.4 Å². The number of thiazole rings is 1. The molecule has 0 aliphatic carbocycles. The lowest BCUT2D eigenvalue weighted by molar-refractivity contribution is -0.150. The van der Waals surface area contributed by atoms with Gasteiger partial charge in [0.15, 0.2) is 0 Å². The first-order valence-corrected chi connectivity index (χ1v) is 11.8. The Bertz CT molecular complexity index is 1190. The third-order valence-corrected chi connectivity index (χ3v) is 7.36. The highest BCUT2D eigenvalue weighted by Gasteiger charge is 2.43. The van der Waals surface area contributed by atoms with Gasteiger partial charge in [0.1, 0.15) is 5.82 Å². The van der Waals surface area contributed by atoms with Gasteiger partial charge < -0.3 is 16.0 Å². The SMILES string of the molecule is CCc1cc(NC(=O)C(=O)N2C[C@@H](C)CC[C@@]2(C)c2ccc3sc(C)nc3c2)cnc1N. The van der Waals surface area contributed by atoms with Crippen LogP contribution < -0.4 is 11.1 Å². The first-order valence-electron chi connectivity index (χ1n) is 11.0. The minimum Gasteiger partial charge on any atom is -0.383 e. The van der Waals surface area contributed by atoms with E-state index in [4.69, 9.17) is 5.73 Å². The van der Waals surface area contributed by atoms with Crippen molar-refractivity contribution in [3.8, 4) is 0 Å². The van der Waals surface area contributed by atoms with Crippen LogP contribution in [-0.4, -0.2) is 33.2 Å². The van der Waals surface area contributed by atoms with E-state index in [9.17, 15) is 9.59 Å². The van der Waals surface area contributed by atoms with E-state index in [1.54, 1.807) is 22.3 Å². The van der Waals surface area contributed by atoms with Crippen LogP contribution in [0.2, 0.25) is 0 Å². The molecule has 1 aliphatic heterocycles. The number of piperidine rings is 1. The quantitative estimate of drug-likeness (QED) is 0.580. The molecule has 32 heavy (non-hydrogen) atoms. The van der Waals surface area contributed by atoms with Gasteiger partial charge in [0.2, 0.25) is 0 Å². The van der Waals surface area contributed by atoms with Gasteiger partial charge in [-0.05, 0) is 68.4 Å². The number of amides is 2. The number of aromatic nitrogens is 2. The molecule has 2 aromatic heterocycles. The number of rotatable bonds is 3. The van der Waals surface area contributed by atoms with Crippen molar-refractivity contribution in [1.29, 1.82) is 0 Å². The highest BCUT2D eigenvalue weighted by Crippen LogP contribution is 2.40. The highest BCUT2D eigenvalue weighted by molar-refractivity contribution is 7.18. The summed E-state index contributed by atoms with van der Waals surface area (Å²) in [5.41, 5.74) is 8.52. The number of nitrogens with two attached hydrogens (primary N) is 1. The molecule has 2 amide bonds. The average molecular weight is 452 g/mol. The second-order valence-electron chi connectivity index (χ2n) is 8.82. The van der Waals surface area contributed by atoms with Gasteiger partial charge >= 0.3 is 11.8 Å². The van der Waals surface area contributed by atoms with E-state index < -0.39 is 17.4 Å². The Morgan fingerprint density at radius 1 is 1.34 bits per heavy atom. The van der Waals surface area contributed by atoms with Gasteiger partial charge in [-0.25, -0.2) is 9.97 Å². The lowest BCUT2D eigenvalue weighted by Crippen LogP contribution is -2.55. The summed E-state index contributed by atoms with van der Waals surface area (Å²) in [6.45, 7) is 8.64. The lowest BCUT2D eigenvalue weighted by Gasteiger charge is -2.47. The molecule has 168 valence electrons. The van der Waals surface area contributed by atoms with Crippen molar-refractivity contribution in [2.24, 2.45) is 5.92 Å². The largest absolute Gasteiger partial charge is 0.383 e. The Kier molecular flexibility index (Phi) is 5.90. The van der Waals surface area contributed by atoms with Gasteiger partial charge in [-0.1, -0.05) is 19.9 Å². The average Bonchev–Trinajstić information content (AvgIpc) is 3.15. The Morgan fingerprint density at radius 3 is 2.88 bits per heavy atom. The van der Waals surface area contributed by atoms with Crippen LogP contribution in [0.1, 0.15) is 49.7 Å². The van der Waals surface area contributed by atoms with Gasteiger partial charge in [-0.3, -0.25) is 9.59 Å². The molecule has 1 aliphatic rings. The molecule has 2 atom stereocenters. The fourth-order valence-corrected chi connectivity index (χ4v) is 5.24. The molecule has 3 N–H and O–H groups in total. The number of fused-ring (bicyclic) bond motifs is 1. The number of nitrogens with zero attached hydrogens (tertiary/aromatic N) is 3. The van der Waals surface area contributed by atoms with Crippen LogP contribution in [0, 0.1) is 12.8 Å². The summed E-state index contributed by atoms with van der Waals surface area (Å²) in [6.07, 6.45) is 3.94. The molecular weight excluding hydrogens is 422 g/mol. The number of pyridine rings is 1. The number of carbonyl (C=O) groups is 2. The maximum absolute atomic E-state index is 13.4. The van der Waals surface area contributed by atoms with Crippen LogP contribution in [0.3, 0.4) is 0 Å².